The number of carbonyl (C=O) groups is 2. The number of ketones is 1. The van der Waals surface area contributed by atoms with E-state index < -0.39 is 0 Å². The Morgan fingerprint density at radius 3 is 2.89 bits per heavy atom. The number of halogens is 1. The smallest absolute Gasteiger partial charge is 0.249 e. The lowest BCUT2D eigenvalue weighted by molar-refractivity contribution is -0.145. The van der Waals surface area contributed by atoms with Gasteiger partial charge in [0.25, 0.3) is 0 Å². The summed E-state index contributed by atoms with van der Waals surface area (Å²) in [7, 11) is 0. The van der Waals surface area contributed by atoms with E-state index in [1.54, 1.807) is 18.2 Å². The first-order chi connectivity index (χ1) is 8.66. The number of hydrogen-bond donors (Lipinski definition) is 0. The van der Waals surface area contributed by atoms with Crippen LogP contribution < -0.4 is 0 Å². The molecule has 0 unspecified atom stereocenters. The second-order valence-corrected chi connectivity index (χ2v) is 4.17. The van der Waals surface area contributed by atoms with Gasteiger partial charge in [-0.25, -0.2) is 4.39 Å². The summed E-state index contributed by atoms with van der Waals surface area (Å²) in [6.07, 6.45) is 0.0112. The molecule has 1 aliphatic heterocycles. The number of Topliss-reactive ketones (excluding diaryl/α,β-unsaturated/α-hetero) is 1. The van der Waals surface area contributed by atoms with E-state index in [2.05, 4.69) is 0 Å². The van der Waals surface area contributed by atoms with Gasteiger partial charge in [-0.2, -0.15) is 0 Å². The lowest BCUT2D eigenvalue weighted by Gasteiger charge is -2.26. The van der Waals surface area contributed by atoms with Gasteiger partial charge in [-0.15, -0.1) is 0 Å². The molecule has 5 heteroatoms. The van der Waals surface area contributed by atoms with Crippen molar-refractivity contribution in [3.05, 3.63) is 35.6 Å². The lowest BCUT2D eigenvalue weighted by atomic mass is 10.1. The van der Waals surface area contributed by atoms with Gasteiger partial charge in [-0.1, -0.05) is 18.2 Å². The standard InChI is InChI=1S/C13H14FNO3/c14-12-4-2-1-3-10(12)7-11(16)8-15-5-6-18-9-13(15)17/h1-4H,5-9H2. The van der Waals surface area contributed by atoms with E-state index >= 15 is 0 Å². The second kappa shape index (κ2) is 5.73. The van der Waals surface area contributed by atoms with Crippen LogP contribution in [0.25, 0.3) is 0 Å². The number of nitrogens with zero attached hydrogens (tertiary/aromatic N) is 1. The van der Waals surface area contributed by atoms with Crippen LogP contribution in [0.3, 0.4) is 0 Å². The minimum atomic E-state index is -0.390. The van der Waals surface area contributed by atoms with Crippen LogP contribution in [0.4, 0.5) is 4.39 Å². The Labute approximate surface area is 104 Å². The van der Waals surface area contributed by atoms with Crippen molar-refractivity contribution >= 4 is 11.7 Å². The maximum atomic E-state index is 13.4. The molecule has 1 aromatic carbocycles. The third-order valence-electron chi connectivity index (χ3n) is 2.80. The molecule has 1 aromatic rings. The average Bonchev–Trinajstić information content (AvgIpc) is 2.35. The number of carbonyl (C=O) groups excluding carboxylic acids is 2. The van der Waals surface area contributed by atoms with Crippen LogP contribution in [0.1, 0.15) is 5.56 Å². The van der Waals surface area contributed by atoms with Crippen LogP contribution in [0.2, 0.25) is 0 Å². The molecule has 1 heterocycles. The Balaban J connectivity index is 1.92. The molecule has 96 valence electrons. The Bertz CT molecular complexity index is 461. The molecule has 18 heavy (non-hydrogen) atoms. The fourth-order valence-corrected chi connectivity index (χ4v) is 1.84. The first-order valence-corrected chi connectivity index (χ1v) is 5.77. The molecule has 0 aromatic heterocycles. The maximum Gasteiger partial charge on any atom is 0.249 e. The molecule has 4 nitrogen and oxygen atoms in total. The number of rotatable bonds is 4. The van der Waals surface area contributed by atoms with E-state index in [1.807, 2.05) is 0 Å². The van der Waals surface area contributed by atoms with Gasteiger partial charge in [-0.05, 0) is 11.6 Å². The van der Waals surface area contributed by atoms with Gasteiger partial charge in [0.2, 0.25) is 5.91 Å². The number of hydrogen-bond acceptors (Lipinski definition) is 3. The van der Waals surface area contributed by atoms with Crippen molar-refractivity contribution < 1.29 is 18.7 Å². The minimum Gasteiger partial charge on any atom is -0.370 e. The highest BCUT2D eigenvalue weighted by Crippen LogP contribution is 2.08. The lowest BCUT2D eigenvalue weighted by Crippen LogP contribution is -2.44. The Morgan fingerprint density at radius 2 is 2.17 bits per heavy atom. The summed E-state index contributed by atoms with van der Waals surface area (Å²) in [5.74, 6) is -0.752. The SMILES string of the molecule is O=C(Cc1ccccc1F)CN1CCOCC1=O. The number of ether oxygens (including phenoxy) is 1. The number of morpholine rings is 1. The van der Waals surface area contributed by atoms with Gasteiger partial charge < -0.3 is 9.64 Å². The predicted molar refractivity (Wildman–Crippen MR) is 62.5 cm³/mol. The molecule has 0 N–H and O–H groups in total. The highest BCUT2D eigenvalue weighted by molar-refractivity contribution is 5.88. The van der Waals surface area contributed by atoms with Gasteiger partial charge in [0.05, 0.1) is 13.2 Å². The van der Waals surface area contributed by atoms with Crippen molar-refractivity contribution in [3.8, 4) is 0 Å². The average molecular weight is 251 g/mol. The first-order valence-electron chi connectivity index (χ1n) is 5.77. The van der Waals surface area contributed by atoms with Crippen molar-refractivity contribution in [1.29, 1.82) is 0 Å². The largest absolute Gasteiger partial charge is 0.370 e. The summed E-state index contributed by atoms with van der Waals surface area (Å²) in [5, 5.41) is 0. The molecular weight excluding hydrogens is 237 g/mol. The fraction of sp³-hybridized carbons (Fsp3) is 0.385. The zero-order valence-corrected chi connectivity index (χ0v) is 9.89. The monoisotopic (exact) mass is 251 g/mol. The molecule has 0 saturated carbocycles. The summed E-state index contributed by atoms with van der Waals surface area (Å²) >= 11 is 0. The summed E-state index contributed by atoms with van der Waals surface area (Å²) in [6.45, 7) is 0.907. The molecule has 0 atom stereocenters. The molecule has 2 rings (SSSR count). The summed E-state index contributed by atoms with van der Waals surface area (Å²) in [4.78, 5) is 24.7. The second-order valence-electron chi connectivity index (χ2n) is 4.17. The summed E-state index contributed by atoms with van der Waals surface area (Å²) in [6, 6.07) is 6.16. The van der Waals surface area contributed by atoms with E-state index in [4.69, 9.17) is 4.74 Å². The first kappa shape index (κ1) is 12.7. The molecule has 0 aliphatic carbocycles. The maximum absolute atomic E-state index is 13.4. The molecule has 1 saturated heterocycles. The van der Waals surface area contributed by atoms with Crippen molar-refractivity contribution in [1.82, 2.24) is 4.90 Å². The highest BCUT2D eigenvalue weighted by atomic mass is 19.1. The fourth-order valence-electron chi connectivity index (χ4n) is 1.84. The zero-order chi connectivity index (χ0) is 13.0. The summed E-state index contributed by atoms with van der Waals surface area (Å²) < 4.78 is 18.3. The van der Waals surface area contributed by atoms with Crippen LogP contribution in [0, 0.1) is 5.82 Å². The van der Waals surface area contributed by atoms with Crippen LogP contribution in [-0.2, 0) is 20.7 Å². The molecule has 1 aliphatic rings. The predicted octanol–water partition coefficient (Wildman–Crippen LogP) is 0.796. The van der Waals surface area contributed by atoms with E-state index in [9.17, 15) is 14.0 Å². The van der Waals surface area contributed by atoms with E-state index in [1.165, 1.54) is 11.0 Å². The minimum absolute atomic E-state index is 0.0112. The Hall–Kier alpha value is -1.75. The highest BCUT2D eigenvalue weighted by Gasteiger charge is 2.21. The van der Waals surface area contributed by atoms with Crippen molar-refractivity contribution in [2.45, 2.75) is 6.42 Å². The van der Waals surface area contributed by atoms with Crippen molar-refractivity contribution in [2.75, 3.05) is 26.3 Å². The van der Waals surface area contributed by atoms with E-state index in [0.717, 1.165) is 0 Å². The number of amides is 1. The van der Waals surface area contributed by atoms with Gasteiger partial charge in [-0.3, -0.25) is 9.59 Å². The summed E-state index contributed by atoms with van der Waals surface area (Å²) in [5.41, 5.74) is 0.364. The van der Waals surface area contributed by atoms with Crippen molar-refractivity contribution in [2.24, 2.45) is 0 Å². The molecule has 0 spiro atoms. The Kier molecular flexibility index (Phi) is 4.04. The molecule has 1 amide bonds. The van der Waals surface area contributed by atoms with Crippen LogP contribution in [-0.4, -0.2) is 42.9 Å². The van der Waals surface area contributed by atoms with Crippen LogP contribution in [0.5, 0.6) is 0 Å². The Morgan fingerprint density at radius 1 is 1.39 bits per heavy atom. The van der Waals surface area contributed by atoms with Crippen LogP contribution in [0.15, 0.2) is 24.3 Å². The molecular formula is C13H14FNO3. The van der Waals surface area contributed by atoms with Gasteiger partial charge in [0.15, 0.2) is 5.78 Å². The number of benzene rings is 1. The zero-order valence-electron chi connectivity index (χ0n) is 9.89. The van der Waals surface area contributed by atoms with Gasteiger partial charge >= 0.3 is 0 Å². The van der Waals surface area contributed by atoms with Crippen LogP contribution >= 0.6 is 0 Å². The molecule has 0 radical (unpaired) electrons. The van der Waals surface area contributed by atoms with E-state index in [-0.39, 0.29) is 37.1 Å². The quantitative estimate of drug-likeness (QED) is 0.795. The van der Waals surface area contributed by atoms with Crippen molar-refractivity contribution in [3.63, 3.8) is 0 Å². The normalized spacial score (nSPS) is 15.8. The molecule has 0 bridgehead atoms. The third-order valence-corrected chi connectivity index (χ3v) is 2.80. The third kappa shape index (κ3) is 3.13. The van der Waals surface area contributed by atoms with Gasteiger partial charge in [0.1, 0.15) is 12.4 Å². The van der Waals surface area contributed by atoms with Gasteiger partial charge in [0, 0.05) is 13.0 Å². The van der Waals surface area contributed by atoms with E-state index in [0.29, 0.717) is 18.7 Å². The molecule has 1 fully saturated rings. The topological polar surface area (TPSA) is 46.6 Å².